The normalized spacial score (nSPS) is 14.0. The molecule has 0 bridgehead atoms. The number of hydrogen-bond donors (Lipinski definition) is 1. The van der Waals surface area contributed by atoms with Gasteiger partial charge in [0.2, 0.25) is 10.0 Å². The third-order valence-corrected chi connectivity index (χ3v) is 12.1. The second-order valence-electron chi connectivity index (χ2n) is 8.82. The highest BCUT2D eigenvalue weighted by Crippen LogP contribution is 2.36. The summed E-state index contributed by atoms with van der Waals surface area (Å²) >= 11 is 0. The predicted octanol–water partition coefficient (Wildman–Crippen LogP) is 4.48. The first-order valence-electron chi connectivity index (χ1n) is 9.94. The highest BCUT2D eigenvalue weighted by atomic mass is 32.2. The molecule has 1 N–H and O–H groups in total. The molecule has 0 radical (unpaired) electrons. The Morgan fingerprint density at radius 3 is 2.03 bits per heavy atom. The molecule has 0 heterocycles. The number of nitrogens with zero attached hydrogens (tertiary/aromatic N) is 1. The molecular formula is C22H33NO5SSi. The van der Waals surface area contributed by atoms with Crippen molar-refractivity contribution in [1.29, 1.82) is 0 Å². The molecule has 0 fully saturated rings. The van der Waals surface area contributed by atoms with Crippen LogP contribution in [0.3, 0.4) is 0 Å². The molecular weight excluding hydrogens is 418 g/mol. The second kappa shape index (κ2) is 9.61. The fraction of sp³-hybridized carbons (Fsp3) is 0.455. The summed E-state index contributed by atoms with van der Waals surface area (Å²) < 4.78 is 39.2. The van der Waals surface area contributed by atoms with Crippen molar-refractivity contribution in [1.82, 2.24) is 4.31 Å². The van der Waals surface area contributed by atoms with E-state index in [-0.39, 0.29) is 23.1 Å². The summed E-state index contributed by atoms with van der Waals surface area (Å²) in [6.07, 6.45) is 0. The van der Waals surface area contributed by atoms with E-state index in [2.05, 4.69) is 33.9 Å². The number of benzene rings is 2. The standard InChI is InChI=1S/C22H33NO5SSi/c1-22(2,3)30(5,6)27-17-18(16-24)23(4)29(25,26)21-14-12-20(13-15-21)28-19-10-8-7-9-11-19/h7-15,18,24H,16-17H2,1-6H3/t18-/m1/s1. The number of hydrogen-bond acceptors (Lipinski definition) is 5. The van der Waals surface area contributed by atoms with Gasteiger partial charge in [-0.15, -0.1) is 0 Å². The van der Waals surface area contributed by atoms with Crippen LogP contribution < -0.4 is 4.74 Å². The van der Waals surface area contributed by atoms with Crippen LogP contribution in [0.15, 0.2) is 59.5 Å². The first-order valence-corrected chi connectivity index (χ1v) is 14.3. The summed E-state index contributed by atoms with van der Waals surface area (Å²) in [4.78, 5) is 0.135. The zero-order valence-corrected chi connectivity index (χ0v) is 20.4. The minimum atomic E-state index is -3.79. The largest absolute Gasteiger partial charge is 0.457 e. The van der Waals surface area contributed by atoms with E-state index in [0.717, 1.165) is 0 Å². The van der Waals surface area contributed by atoms with Gasteiger partial charge in [0.15, 0.2) is 8.32 Å². The second-order valence-corrected chi connectivity index (χ2v) is 15.6. The minimum Gasteiger partial charge on any atom is -0.457 e. The first kappa shape index (κ1) is 24.6. The topological polar surface area (TPSA) is 76.1 Å². The van der Waals surface area contributed by atoms with Crippen molar-refractivity contribution in [3.63, 3.8) is 0 Å². The molecule has 0 amide bonds. The lowest BCUT2D eigenvalue weighted by molar-refractivity contribution is 0.139. The average Bonchev–Trinajstić information content (AvgIpc) is 2.68. The Morgan fingerprint density at radius 2 is 1.53 bits per heavy atom. The molecule has 2 rings (SSSR count). The highest BCUT2D eigenvalue weighted by Gasteiger charge is 2.38. The average molecular weight is 452 g/mol. The molecule has 0 aromatic heterocycles. The quantitative estimate of drug-likeness (QED) is 0.569. The summed E-state index contributed by atoms with van der Waals surface area (Å²) in [5.74, 6) is 1.22. The van der Waals surface area contributed by atoms with E-state index in [1.807, 2.05) is 30.3 Å². The van der Waals surface area contributed by atoms with E-state index in [4.69, 9.17) is 9.16 Å². The summed E-state index contributed by atoms with van der Waals surface area (Å²) in [5, 5.41) is 9.82. The van der Waals surface area contributed by atoms with Crippen molar-refractivity contribution in [2.24, 2.45) is 0 Å². The molecule has 30 heavy (non-hydrogen) atoms. The first-order chi connectivity index (χ1) is 13.9. The van der Waals surface area contributed by atoms with E-state index in [9.17, 15) is 13.5 Å². The molecule has 1 atom stereocenters. The van der Waals surface area contributed by atoms with Gasteiger partial charge in [-0.3, -0.25) is 0 Å². The fourth-order valence-electron chi connectivity index (χ4n) is 2.46. The van der Waals surface area contributed by atoms with Gasteiger partial charge in [0, 0.05) is 7.05 Å². The molecule has 8 heteroatoms. The van der Waals surface area contributed by atoms with Crippen LogP contribution >= 0.6 is 0 Å². The Balaban J connectivity index is 2.12. The number of likely N-dealkylation sites (N-methyl/N-ethyl adjacent to an activating group) is 1. The number of para-hydroxylation sites is 1. The van der Waals surface area contributed by atoms with Crippen molar-refractivity contribution in [2.45, 2.75) is 49.8 Å². The summed E-state index contributed by atoms with van der Waals surface area (Å²) in [6.45, 7) is 10.4. The van der Waals surface area contributed by atoms with Crippen LogP contribution in [0.5, 0.6) is 11.5 Å². The molecule has 0 aliphatic heterocycles. The third kappa shape index (κ3) is 5.92. The maximum Gasteiger partial charge on any atom is 0.243 e. The van der Waals surface area contributed by atoms with Crippen molar-refractivity contribution < 1.29 is 22.7 Å². The number of aliphatic hydroxyl groups excluding tert-OH is 1. The van der Waals surface area contributed by atoms with E-state index in [0.29, 0.717) is 11.5 Å². The lowest BCUT2D eigenvalue weighted by Gasteiger charge is -2.38. The molecule has 166 valence electrons. The summed E-state index contributed by atoms with van der Waals surface area (Å²) in [7, 11) is -4.38. The van der Waals surface area contributed by atoms with E-state index in [1.165, 1.54) is 23.5 Å². The zero-order valence-electron chi connectivity index (χ0n) is 18.6. The van der Waals surface area contributed by atoms with Crippen LogP contribution in [-0.4, -0.2) is 52.5 Å². The van der Waals surface area contributed by atoms with E-state index < -0.39 is 24.4 Å². The van der Waals surface area contributed by atoms with E-state index in [1.54, 1.807) is 12.1 Å². The van der Waals surface area contributed by atoms with Gasteiger partial charge in [0.1, 0.15) is 11.5 Å². The predicted molar refractivity (Wildman–Crippen MR) is 122 cm³/mol. The van der Waals surface area contributed by atoms with Crippen molar-refractivity contribution >= 4 is 18.3 Å². The molecule has 0 saturated carbocycles. The highest BCUT2D eigenvalue weighted by molar-refractivity contribution is 7.89. The molecule has 2 aromatic rings. The molecule has 2 aromatic carbocycles. The van der Waals surface area contributed by atoms with Gasteiger partial charge >= 0.3 is 0 Å². The monoisotopic (exact) mass is 451 g/mol. The van der Waals surface area contributed by atoms with Gasteiger partial charge in [-0.05, 0) is 54.5 Å². The molecule has 0 aliphatic rings. The number of aliphatic hydroxyl groups is 1. The van der Waals surface area contributed by atoms with Gasteiger partial charge < -0.3 is 14.3 Å². The van der Waals surface area contributed by atoms with Crippen molar-refractivity contribution in [3.8, 4) is 11.5 Å². The third-order valence-electron chi connectivity index (χ3n) is 5.65. The number of rotatable bonds is 9. The molecule has 0 saturated heterocycles. The minimum absolute atomic E-state index is 0.000956. The molecule has 0 aliphatic carbocycles. The fourth-order valence-corrected chi connectivity index (χ4v) is 4.84. The Bertz CT molecular complexity index is 909. The SMILES string of the molecule is CN([C@H](CO)CO[Si](C)(C)C(C)(C)C)S(=O)(=O)c1ccc(Oc2ccccc2)cc1. The van der Waals surface area contributed by atoms with Crippen molar-refractivity contribution in [2.75, 3.05) is 20.3 Å². The Kier molecular flexibility index (Phi) is 7.87. The zero-order chi connectivity index (χ0) is 22.6. The Hall–Kier alpha value is -1.71. The van der Waals surface area contributed by atoms with Gasteiger partial charge in [-0.25, -0.2) is 8.42 Å². The number of sulfonamides is 1. The van der Waals surface area contributed by atoms with Gasteiger partial charge in [0.25, 0.3) is 0 Å². The Labute approximate surface area is 181 Å². The maximum absolute atomic E-state index is 13.1. The van der Waals surface area contributed by atoms with Crippen LogP contribution in [0.2, 0.25) is 18.1 Å². The van der Waals surface area contributed by atoms with Crippen LogP contribution in [0.4, 0.5) is 0 Å². The van der Waals surface area contributed by atoms with Gasteiger partial charge in [-0.1, -0.05) is 39.0 Å². The summed E-state index contributed by atoms with van der Waals surface area (Å²) in [6, 6.07) is 14.9. The number of ether oxygens (including phenoxy) is 1. The van der Waals surface area contributed by atoms with Crippen LogP contribution in [0.25, 0.3) is 0 Å². The maximum atomic E-state index is 13.1. The van der Waals surface area contributed by atoms with Gasteiger partial charge in [-0.2, -0.15) is 4.31 Å². The molecule has 6 nitrogen and oxygen atoms in total. The molecule has 0 spiro atoms. The summed E-state index contributed by atoms with van der Waals surface area (Å²) in [5.41, 5.74) is 0. The Morgan fingerprint density at radius 1 is 1.00 bits per heavy atom. The molecule has 0 unspecified atom stereocenters. The van der Waals surface area contributed by atoms with E-state index >= 15 is 0 Å². The van der Waals surface area contributed by atoms with Crippen LogP contribution in [0.1, 0.15) is 20.8 Å². The van der Waals surface area contributed by atoms with Crippen LogP contribution in [-0.2, 0) is 14.4 Å². The lowest BCUT2D eigenvalue weighted by Crippen LogP contribution is -2.48. The smallest absolute Gasteiger partial charge is 0.243 e. The van der Waals surface area contributed by atoms with Crippen LogP contribution in [0, 0.1) is 0 Å². The van der Waals surface area contributed by atoms with Gasteiger partial charge in [0.05, 0.1) is 24.2 Å². The van der Waals surface area contributed by atoms with Crippen molar-refractivity contribution in [3.05, 3.63) is 54.6 Å². The lowest BCUT2D eigenvalue weighted by atomic mass is 10.2.